The number of pyridine rings is 1. The summed E-state index contributed by atoms with van der Waals surface area (Å²) >= 11 is 0. The van der Waals surface area contributed by atoms with Gasteiger partial charge in [-0.05, 0) is 42.8 Å². The molecule has 2 heterocycles. The molecule has 7 heteroatoms. The molecule has 1 saturated heterocycles. The van der Waals surface area contributed by atoms with Crippen LogP contribution in [0.25, 0.3) is 0 Å². The van der Waals surface area contributed by atoms with E-state index < -0.39 is 10.0 Å². The summed E-state index contributed by atoms with van der Waals surface area (Å²) in [5, 5.41) is 0. The van der Waals surface area contributed by atoms with Crippen LogP contribution in [0.1, 0.15) is 19.4 Å². The van der Waals surface area contributed by atoms with Crippen LogP contribution < -0.4 is 9.62 Å². The Hall–Kier alpha value is -2.12. The Morgan fingerprint density at radius 1 is 1.00 bits per heavy atom. The molecule has 26 heavy (non-hydrogen) atoms. The maximum absolute atomic E-state index is 12.5. The van der Waals surface area contributed by atoms with E-state index in [0.717, 1.165) is 50.4 Å². The van der Waals surface area contributed by atoms with E-state index in [4.69, 9.17) is 0 Å². The molecule has 2 aromatic rings. The summed E-state index contributed by atoms with van der Waals surface area (Å²) in [6.45, 7) is 9.29. The van der Waals surface area contributed by atoms with E-state index in [1.165, 1.54) is 0 Å². The summed E-state index contributed by atoms with van der Waals surface area (Å²) < 4.78 is 27.5. The van der Waals surface area contributed by atoms with E-state index in [9.17, 15) is 8.42 Å². The molecule has 0 saturated carbocycles. The smallest absolute Gasteiger partial charge is 0.263 e. The second-order valence-corrected chi connectivity index (χ2v) is 8.11. The molecule has 0 radical (unpaired) electrons. The Kier molecular flexibility index (Phi) is 5.78. The van der Waals surface area contributed by atoms with Crippen LogP contribution in [0, 0.1) is 0 Å². The molecule has 140 valence electrons. The number of nitrogens with one attached hydrogen (secondary N) is 1. The first-order chi connectivity index (χ1) is 12.5. The molecule has 1 aromatic carbocycles. The minimum Gasteiger partial charge on any atom is -0.368 e. The first-order valence-corrected chi connectivity index (χ1v) is 10.5. The van der Waals surface area contributed by atoms with Gasteiger partial charge < -0.3 is 9.80 Å². The molecule has 0 unspecified atom stereocenters. The standard InChI is InChI=1S/C19H26N4O2S/c1-3-16-5-8-18(9-6-16)26(24,25)21-19-10-7-17(15-20-19)23-13-11-22(4-2)12-14-23/h5-10,15H,3-4,11-14H2,1-2H3,(H,20,21). The van der Waals surface area contributed by atoms with E-state index in [1.807, 2.05) is 25.1 Å². The molecule has 0 spiro atoms. The van der Waals surface area contributed by atoms with E-state index in [2.05, 4.69) is 26.4 Å². The van der Waals surface area contributed by atoms with E-state index >= 15 is 0 Å². The van der Waals surface area contributed by atoms with Crippen molar-refractivity contribution in [2.24, 2.45) is 0 Å². The lowest BCUT2D eigenvalue weighted by atomic mass is 10.2. The Morgan fingerprint density at radius 3 is 2.23 bits per heavy atom. The number of hydrogen-bond acceptors (Lipinski definition) is 5. The van der Waals surface area contributed by atoms with Crippen molar-refractivity contribution >= 4 is 21.5 Å². The highest BCUT2D eigenvalue weighted by atomic mass is 32.2. The summed E-state index contributed by atoms with van der Waals surface area (Å²) in [6, 6.07) is 10.6. The molecule has 0 amide bonds. The number of rotatable bonds is 6. The lowest BCUT2D eigenvalue weighted by Crippen LogP contribution is -2.46. The van der Waals surface area contributed by atoms with Gasteiger partial charge in [0.2, 0.25) is 0 Å². The highest BCUT2D eigenvalue weighted by Gasteiger charge is 2.17. The predicted octanol–water partition coefficient (Wildman–Crippen LogP) is 2.59. The Balaban J connectivity index is 1.66. The average molecular weight is 375 g/mol. The second kappa shape index (κ2) is 8.05. The maximum Gasteiger partial charge on any atom is 0.263 e. The fourth-order valence-electron chi connectivity index (χ4n) is 3.06. The van der Waals surface area contributed by atoms with Crippen LogP contribution >= 0.6 is 0 Å². The molecular formula is C19H26N4O2S. The number of likely N-dealkylation sites (N-methyl/N-ethyl adjacent to an activating group) is 1. The number of hydrogen-bond donors (Lipinski definition) is 1. The minimum atomic E-state index is -3.62. The number of piperazine rings is 1. The highest BCUT2D eigenvalue weighted by molar-refractivity contribution is 7.92. The van der Waals surface area contributed by atoms with Gasteiger partial charge in [-0.3, -0.25) is 4.72 Å². The van der Waals surface area contributed by atoms with Crippen molar-refractivity contribution in [1.29, 1.82) is 0 Å². The molecule has 0 atom stereocenters. The molecule has 1 aliphatic rings. The summed E-state index contributed by atoms with van der Waals surface area (Å²) in [7, 11) is -3.62. The van der Waals surface area contributed by atoms with Crippen molar-refractivity contribution in [3.63, 3.8) is 0 Å². The first-order valence-electron chi connectivity index (χ1n) is 9.07. The van der Waals surface area contributed by atoms with E-state index in [1.54, 1.807) is 24.4 Å². The number of sulfonamides is 1. The summed E-state index contributed by atoms with van der Waals surface area (Å²) in [5.41, 5.74) is 2.13. The zero-order valence-electron chi connectivity index (χ0n) is 15.4. The normalized spacial score (nSPS) is 15.8. The molecular weight excluding hydrogens is 348 g/mol. The van der Waals surface area contributed by atoms with Gasteiger partial charge in [-0.25, -0.2) is 13.4 Å². The second-order valence-electron chi connectivity index (χ2n) is 6.43. The average Bonchev–Trinajstić information content (AvgIpc) is 2.68. The van der Waals surface area contributed by atoms with Gasteiger partial charge in [0.05, 0.1) is 16.8 Å². The van der Waals surface area contributed by atoms with Gasteiger partial charge in [0.15, 0.2) is 0 Å². The third-order valence-electron chi connectivity index (χ3n) is 4.81. The fourth-order valence-corrected chi connectivity index (χ4v) is 4.07. The van der Waals surface area contributed by atoms with Crippen molar-refractivity contribution in [2.75, 3.05) is 42.3 Å². The number of aryl methyl sites for hydroxylation is 1. The topological polar surface area (TPSA) is 65.5 Å². The lowest BCUT2D eigenvalue weighted by Gasteiger charge is -2.35. The number of anilines is 2. The fraction of sp³-hybridized carbons (Fsp3) is 0.421. The van der Waals surface area contributed by atoms with Crippen molar-refractivity contribution in [1.82, 2.24) is 9.88 Å². The molecule has 1 N–H and O–H groups in total. The molecule has 1 aliphatic heterocycles. The molecule has 6 nitrogen and oxygen atoms in total. The third kappa shape index (κ3) is 4.34. The van der Waals surface area contributed by atoms with Crippen LogP contribution in [-0.4, -0.2) is 51.0 Å². The Bertz CT molecular complexity index is 812. The summed E-state index contributed by atoms with van der Waals surface area (Å²) in [6.07, 6.45) is 2.61. The Morgan fingerprint density at radius 2 is 1.69 bits per heavy atom. The van der Waals surface area contributed by atoms with Crippen molar-refractivity contribution in [3.05, 3.63) is 48.2 Å². The van der Waals surface area contributed by atoms with Gasteiger partial charge in [0.25, 0.3) is 10.0 Å². The first kappa shape index (κ1) is 18.7. The van der Waals surface area contributed by atoms with Crippen LogP contribution in [0.15, 0.2) is 47.5 Å². The zero-order valence-corrected chi connectivity index (χ0v) is 16.2. The summed E-state index contributed by atoms with van der Waals surface area (Å²) in [5.74, 6) is 0.334. The molecule has 1 fully saturated rings. The number of nitrogens with zero attached hydrogens (tertiary/aromatic N) is 3. The molecule has 3 rings (SSSR count). The zero-order chi connectivity index (χ0) is 18.6. The van der Waals surface area contributed by atoms with Crippen LogP contribution in [-0.2, 0) is 16.4 Å². The maximum atomic E-state index is 12.5. The van der Waals surface area contributed by atoms with Gasteiger partial charge in [-0.1, -0.05) is 26.0 Å². The van der Waals surface area contributed by atoms with Gasteiger partial charge in [0.1, 0.15) is 5.82 Å². The van der Waals surface area contributed by atoms with Crippen molar-refractivity contribution in [3.8, 4) is 0 Å². The van der Waals surface area contributed by atoms with Crippen molar-refractivity contribution < 1.29 is 8.42 Å². The predicted molar refractivity (Wildman–Crippen MR) is 105 cm³/mol. The third-order valence-corrected chi connectivity index (χ3v) is 6.18. The SMILES string of the molecule is CCc1ccc(S(=O)(=O)Nc2ccc(N3CCN(CC)CC3)cn2)cc1. The van der Waals surface area contributed by atoms with E-state index in [0.29, 0.717) is 5.82 Å². The van der Waals surface area contributed by atoms with Gasteiger partial charge in [-0.2, -0.15) is 0 Å². The van der Waals surface area contributed by atoms with Gasteiger partial charge in [0, 0.05) is 26.2 Å². The Labute approximate surface area is 155 Å². The van der Waals surface area contributed by atoms with Crippen LogP contribution in [0.2, 0.25) is 0 Å². The lowest BCUT2D eigenvalue weighted by molar-refractivity contribution is 0.271. The van der Waals surface area contributed by atoms with Crippen LogP contribution in [0.5, 0.6) is 0 Å². The van der Waals surface area contributed by atoms with Gasteiger partial charge >= 0.3 is 0 Å². The van der Waals surface area contributed by atoms with Crippen molar-refractivity contribution in [2.45, 2.75) is 25.2 Å². The van der Waals surface area contributed by atoms with E-state index in [-0.39, 0.29) is 4.90 Å². The largest absolute Gasteiger partial charge is 0.368 e. The monoisotopic (exact) mass is 374 g/mol. The quantitative estimate of drug-likeness (QED) is 0.842. The summed E-state index contributed by atoms with van der Waals surface area (Å²) in [4.78, 5) is 9.23. The minimum absolute atomic E-state index is 0.247. The highest BCUT2D eigenvalue weighted by Crippen LogP contribution is 2.20. The van der Waals surface area contributed by atoms with Crippen LogP contribution in [0.3, 0.4) is 0 Å². The molecule has 0 bridgehead atoms. The molecule has 0 aliphatic carbocycles. The number of benzene rings is 1. The van der Waals surface area contributed by atoms with Crippen LogP contribution in [0.4, 0.5) is 11.5 Å². The number of aromatic nitrogens is 1. The molecule has 1 aromatic heterocycles. The van der Waals surface area contributed by atoms with Gasteiger partial charge in [-0.15, -0.1) is 0 Å².